The Labute approximate surface area is 179 Å². The summed E-state index contributed by atoms with van der Waals surface area (Å²) >= 11 is 1.67. The van der Waals surface area contributed by atoms with E-state index in [1.807, 2.05) is 25.3 Å². The molecule has 0 saturated heterocycles. The Morgan fingerprint density at radius 3 is 2.90 bits per heavy atom. The van der Waals surface area contributed by atoms with Crippen molar-refractivity contribution in [2.75, 3.05) is 11.9 Å². The quantitative estimate of drug-likeness (QED) is 0.625. The second-order valence-electron chi connectivity index (χ2n) is 7.34. The minimum absolute atomic E-state index is 0.185. The van der Waals surface area contributed by atoms with Crippen molar-refractivity contribution in [3.8, 4) is 0 Å². The summed E-state index contributed by atoms with van der Waals surface area (Å²) in [5.41, 5.74) is 3.25. The third-order valence-electron chi connectivity index (χ3n) is 5.31. The zero-order chi connectivity index (χ0) is 21.3. The number of carbonyl (C=O) groups is 1. The minimum Gasteiger partial charge on any atom is -0.361 e. The SMILES string of the molecule is Cc1noc(C)c1CCC(=O)Nc1cccc(S(=O)(=O)N2CCc3sccc3C2)c1. The van der Waals surface area contributed by atoms with Crippen molar-refractivity contribution in [2.45, 2.75) is 44.6 Å². The van der Waals surface area contributed by atoms with Gasteiger partial charge in [-0.25, -0.2) is 8.42 Å². The summed E-state index contributed by atoms with van der Waals surface area (Å²) in [4.78, 5) is 13.8. The first-order chi connectivity index (χ1) is 14.3. The smallest absolute Gasteiger partial charge is 0.243 e. The molecule has 4 rings (SSSR count). The van der Waals surface area contributed by atoms with Gasteiger partial charge in [0, 0.05) is 35.6 Å². The van der Waals surface area contributed by atoms with Crippen LogP contribution in [0.5, 0.6) is 0 Å². The predicted molar refractivity (Wildman–Crippen MR) is 115 cm³/mol. The van der Waals surface area contributed by atoms with Crippen LogP contribution in [0.2, 0.25) is 0 Å². The van der Waals surface area contributed by atoms with E-state index in [9.17, 15) is 13.2 Å². The molecule has 1 aliphatic rings. The molecule has 30 heavy (non-hydrogen) atoms. The Morgan fingerprint density at radius 1 is 1.30 bits per heavy atom. The molecule has 1 N–H and O–H groups in total. The molecule has 0 radical (unpaired) electrons. The molecular weight excluding hydrogens is 422 g/mol. The number of sulfonamides is 1. The Morgan fingerprint density at radius 2 is 2.13 bits per heavy atom. The average Bonchev–Trinajstić information content (AvgIpc) is 3.32. The molecule has 158 valence electrons. The number of fused-ring (bicyclic) bond motifs is 1. The molecule has 9 heteroatoms. The van der Waals surface area contributed by atoms with E-state index in [4.69, 9.17) is 4.52 Å². The largest absolute Gasteiger partial charge is 0.361 e. The third-order valence-corrected chi connectivity index (χ3v) is 8.18. The standard InChI is InChI=1S/C21H23N3O4S2/c1-14-19(15(2)28-23-14)6-7-21(25)22-17-4-3-5-18(12-17)30(26,27)24-10-8-20-16(13-24)9-11-29-20/h3-5,9,11-12H,6-8,10,13H2,1-2H3,(H,22,25). The van der Waals surface area contributed by atoms with E-state index in [1.165, 1.54) is 15.2 Å². The fourth-order valence-corrected chi connectivity index (χ4v) is 5.99. The van der Waals surface area contributed by atoms with Crippen LogP contribution in [0.4, 0.5) is 5.69 Å². The predicted octanol–water partition coefficient (Wildman–Crippen LogP) is 3.67. The lowest BCUT2D eigenvalue weighted by Gasteiger charge is -2.26. The fraction of sp³-hybridized carbons (Fsp3) is 0.333. The van der Waals surface area contributed by atoms with Gasteiger partial charge in [-0.3, -0.25) is 4.79 Å². The van der Waals surface area contributed by atoms with Gasteiger partial charge in [0.25, 0.3) is 0 Å². The number of nitrogens with zero attached hydrogens (tertiary/aromatic N) is 2. The van der Waals surface area contributed by atoms with Crippen LogP contribution < -0.4 is 5.32 Å². The van der Waals surface area contributed by atoms with Crippen LogP contribution in [0.25, 0.3) is 0 Å². The lowest BCUT2D eigenvalue weighted by Crippen LogP contribution is -2.35. The fourth-order valence-electron chi connectivity index (χ4n) is 3.63. The van der Waals surface area contributed by atoms with E-state index < -0.39 is 10.0 Å². The maximum Gasteiger partial charge on any atom is 0.243 e. The van der Waals surface area contributed by atoms with Crippen molar-refractivity contribution in [1.82, 2.24) is 9.46 Å². The summed E-state index contributed by atoms with van der Waals surface area (Å²) in [5, 5.41) is 8.69. The molecule has 1 aromatic carbocycles. The van der Waals surface area contributed by atoms with Crippen LogP contribution in [0.3, 0.4) is 0 Å². The zero-order valence-corrected chi connectivity index (χ0v) is 18.5. The van der Waals surface area contributed by atoms with E-state index in [0.29, 0.717) is 31.0 Å². The monoisotopic (exact) mass is 445 g/mol. The highest BCUT2D eigenvalue weighted by molar-refractivity contribution is 7.89. The molecule has 0 aliphatic carbocycles. The average molecular weight is 446 g/mol. The molecule has 0 unspecified atom stereocenters. The highest BCUT2D eigenvalue weighted by Crippen LogP contribution is 2.29. The minimum atomic E-state index is -3.63. The number of aryl methyl sites for hydroxylation is 2. The van der Waals surface area contributed by atoms with Crippen molar-refractivity contribution >= 4 is 33.0 Å². The van der Waals surface area contributed by atoms with E-state index in [-0.39, 0.29) is 17.2 Å². The number of carbonyl (C=O) groups excluding carboxylic acids is 1. The number of aromatic nitrogens is 1. The Balaban J connectivity index is 1.44. The van der Waals surface area contributed by atoms with Gasteiger partial charge < -0.3 is 9.84 Å². The molecule has 0 bridgehead atoms. The third kappa shape index (κ3) is 4.19. The number of hydrogen-bond acceptors (Lipinski definition) is 6. The van der Waals surface area contributed by atoms with Crippen LogP contribution >= 0.6 is 11.3 Å². The van der Waals surface area contributed by atoms with E-state index in [2.05, 4.69) is 10.5 Å². The number of thiophene rings is 1. The summed E-state index contributed by atoms with van der Waals surface area (Å²) in [5.74, 6) is 0.522. The van der Waals surface area contributed by atoms with Gasteiger partial charge in [-0.05, 0) is 61.9 Å². The summed E-state index contributed by atoms with van der Waals surface area (Å²) in [6.45, 7) is 4.51. The maximum atomic E-state index is 13.1. The molecule has 0 saturated carbocycles. The Kier molecular flexibility index (Phi) is 5.77. The first kappa shape index (κ1) is 20.8. The van der Waals surface area contributed by atoms with Crippen LogP contribution in [0.1, 0.15) is 33.9 Å². The number of hydrogen-bond donors (Lipinski definition) is 1. The number of rotatable bonds is 6. The maximum absolute atomic E-state index is 13.1. The van der Waals surface area contributed by atoms with Crippen molar-refractivity contribution in [3.63, 3.8) is 0 Å². The van der Waals surface area contributed by atoms with Gasteiger partial charge in [-0.1, -0.05) is 11.2 Å². The topological polar surface area (TPSA) is 92.5 Å². The lowest BCUT2D eigenvalue weighted by molar-refractivity contribution is -0.116. The molecule has 0 fully saturated rings. The number of benzene rings is 1. The first-order valence-electron chi connectivity index (χ1n) is 9.71. The Hall–Kier alpha value is -2.49. The molecule has 1 amide bonds. The van der Waals surface area contributed by atoms with Gasteiger partial charge in [-0.15, -0.1) is 11.3 Å². The highest BCUT2D eigenvalue weighted by atomic mass is 32.2. The van der Waals surface area contributed by atoms with Gasteiger partial charge in [0.1, 0.15) is 5.76 Å². The van der Waals surface area contributed by atoms with Crippen molar-refractivity contribution in [1.29, 1.82) is 0 Å². The first-order valence-corrected chi connectivity index (χ1v) is 12.0. The zero-order valence-electron chi connectivity index (χ0n) is 16.8. The molecule has 3 aromatic rings. The van der Waals surface area contributed by atoms with Gasteiger partial charge in [0.2, 0.25) is 15.9 Å². The van der Waals surface area contributed by atoms with E-state index in [1.54, 1.807) is 29.5 Å². The second-order valence-corrected chi connectivity index (χ2v) is 10.3. The van der Waals surface area contributed by atoms with Gasteiger partial charge in [0.05, 0.1) is 10.6 Å². The second kappa shape index (κ2) is 8.33. The van der Waals surface area contributed by atoms with Crippen LogP contribution in [-0.4, -0.2) is 30.3 Å². The van der Waals surface area contributed by atoms with E-state index in [0.717, 1.165) is 23.2 Å². The number of anilines is 1. The van der Waals surface area contributed by atoms with E-state index >= 15 is 0 Å². The summed E-state index contributed by atoms with van der Waals surface area (Å²) < 4.78 is 32.8. The summed E-state index contributed by atoms with van der Waals surface area (Å²) in [6, 6.07) is 8.41. The molecule has 1 aliphatic heterocycles. The van der Waals surface area contributed by atoms with Crippen LogP contribution in [-0.2, 0) is 34.2 Å². The summed E-state index contributed by atoms with van der Waals surface area (Å²) in [6.07, 6.45) is 1.50. The normalized spacial score (nSPS) is 14.5. The van der Waals surface area contributed by atoms with Crippen molar-refractivity contribution in [3.05, 3.63) is 63.2 Å². The Bertz CT molecular complexity index is 1160. The summed E-state index contributed by atoms with van der Waals surface area (Å²) in [7, 11) is -3.63. The molecule has 0 spiro atoms. The molecule has 0 atom stereocenters. The van der Waals surface area contributed by atoms with Crippen LogP contribution in [0.15, 0.2) is 45.1 Å². The van der Waals surface area contributed by atoms with Crippen molar-refractivity contribution in [2.24, 2.45) is 0 Å². The molecule has 2 aromatic heterocycles. The van der Waals surface area contributed by atoms with Gasteiger partial charge in [0.15, 0.2) is 0 Å². The van der Waals surface area contributed by atoms with Crippen LogP contribution in [0, 0.1) is 13.8 Å². The highest BCUT2D eigenvalue weighted by Gasteiger charge is 2.29. The molecular formula is C21H23N3O4S2. The number of amides is 1. The van der Waals surface area contributed by atoms with Gasteiger partial charge in [-0.2, -0.15) is 4.31 Å². The van der Waals surface area contributed by atoms with Crippen molar-refractivity contribution < 1.29 is 17.7 Å². The molecule has 3 heterocycles. The number of nitrogens with one attached hydrogen (secondary N) is 1. The molecule has 7 nitrogen and oxygen atoms in total. The van der Waals surface area contributed by atoms with Gasteiger partial charge >= 0.3 is 0 Å². The lowest BCUT2D eigenvalue weighted by atomic mass is 10.1.